The topological polar surface area (TPSA) is 58.4 Å². The largest absolute Gasteiger partial charge is 0.395 e. The number of aryl methyl sites for hydroxylation is 2. The number of nitrogens with zero attached hydrogens (tertiary/aromatic N) is 3. The quantitative estimate of drug-likeness (QED) is 0.829. The van der Waals surface area contributed by atoms with E-state index in [0.29, 0.717) is 13.1 Å². The summed E-state index contributed by atoms with van der Waals surface area (Å²) >= 11 is 0. The van der Waals surface area contributed by atoms with E-state index < -0.39 is 0 Å². The summed E-state index contributed by atoms with van der Waals surface area (Å²) < 4.78 is 1.96. The third-order valence-corrected chi connectivity index (χ3v) is 4.09. The van der Waals surface area contributed by atoms with Gasteiger partial charge in [-0.2, -0.15) is 5.10 Å². The van der Waals surface area contributed by atoms with Gasteiger partial charge in [0.15, 0.2) is 0 Å². The van der Waals surface area contributed by atoms with Crippen LogP contribution >= 0.6 is 0 Å². The first-order valence-electron chi connectivity index (χ1n) is 8.06. The number of carbonyl (C=O) groups is 1. The van der Waals surface area contributed by atoms with Gasteiger partial charge in [-0.05, 0) is 32.4 Å². The highest BCUT2D eigenvalue weighted by Gasteiger charge is 2.11. The monoisotopic (exact) mass is 327 g/mol. The van der Waals surface area contributed by atoms with Gasteiger partial charge in [-0.3, -0.25) is 9.48 Å². The minimum Gasteiger partial charge on any atom is -0.395 e. The van der Waals surface area contributed by atoms with Gasteiger partial charge in [0.1, 0.15) is 0 Å². The lowest BCUT2D eigenvalue weighted by Gasteiger charge is -2.12. The van der Waals surface area contributed by atoms with Gasteiger partial charge < -0.3 is 10.0 Å². The van der Waals surface area contributed by atoms with Crippen molar-refractivity contribution in [3.05, 3.63) is 58.4 Å². The van der Waals surface area contributed by atoms with Crippen LogP contribution < -0.4 is 0 Å². The molecule has 0 saturated heterocycles. The van der Waals surface area contributed by atoms with E-state index in [9.17, 15) is 4.79 Å². The maximum absolute atomic E-state index is 12.0. The molecule has 1 amide bonds. The molecule has 1 N–H and O–H groups in total. The Hall–Kier alpha value is -2.40. The molecule has 5 heteroatoms. The van der Waals surface area contributed by atoms with Gasteiger partial charge in [-0.1, -0.05) is 29.8 Å². The number of carbonyl (C=O) groups excluding carboxylic acids is 1. The minimum absolute atomic E-state index is 0.0391. The smallest absolute Gasteiger partial charge is 0.246 e. The fourth-order valence-corrected chi connectivity index (χ4v) is 2.51. The van der Waals surface area contributed by atoms with E-state index in [1.807, 2.05) is 18.5 Å². The van der Waals surface area contributed by atoms with E-state index in [0.717, 1.165) is 17.0 Å². The molecule has 0 unspecified atom stereocenters. The van der Waals surface area contributed by atoms with Crippen LogP contribution in [0.1, 0.15) is 28.1 Å². The molecule has 0 radical (unpaired) electrons. The Bertz CT molecular complexity index is 730. The van der Waals surface area contributed by atoms with Gasteiger partial charge in [-0.15, -0.1) is 0 Å². The Morgan fingerprint density at radius 3 is 2.54 bits per heavy atom. The number of hydrogen-bond acceptors (Lipinski definition) is 3. The fraction of sp³-hybridized carbons (Fsp3) is 0.368. The second-order valence-corrected chi connectivity index (χ2v) is 6.04. The molecule has 0 aliphatic heterocycles. The molecule has 0 atom stereocenters. The maximum atomic E-state index is 12.0. The Balaban J connectivity index is 2.16. The van der Waals surface area contributed by atoms with Gasteiger partial charge in [-0.25, -0.2) is 0 Å². The highest BCUT2D eigenvalue weighted by Crippen LogP contribution is 2.17. The van der Waals surface area contributed by atoms with Crippen molar-refractivity contribution in [3.8, 4) is 0 Å². The van der Waals surface area contributed by atoms with Crippen LogP contribution in [0.5, 0.6) is 0 Å². The molecule has 0 aliphatic rings. The Labute approximate surface area is 143 Å². The van der Waals surface area contributed by atoms with Crippen molar-refractivity contribution >= 4 is 12.0 Å². The van der Waals surface area contributed by atoms with Gasteiger partial charge in [0.2, 0.25) is 5.91 Å². The van der Waals surface area contributed by atoms with Crippen molar-refractivity contribution in [2.45, 2.75) is 27.3 Å². The average Bonchev–Trinajstić information content (AvgIpc) is 2.81. The highest BCUT2D eigenvalue weighted by atomic mass is 16.3. The lowest BCUT2D eigenvalue weighted by molar-refractivity contribution is -0.125. The zero-order valence-corrected chi connectivity index (χ0v) is 14.8. The van der Waals surface area contributed by atoms with Crippen LogP contribution in [-0.2, 0) is 11.3 Å². The standard InChI is InChI=1S/C19H25N3O2/c1-14-5-7-17(8-6-14)13-22-16(3)18(15(2)20-22)9-10-19(24)21(4)11-12-23/h5-10,23H,11-13H2,1-4H3/b10-9+. The summed E-state index contributed by atoms with van der Waals surface area (Å²) in [5.41, 5.74) is 5.32. The van der Waals surface area contributed by atoms with Gasteiger partial charge in [0.25, 0.3) is 0 Å². The first-order valence-corrected chi connectivity index (χ1v) is 8.06. The first-order chi connectivity index (χ1) is 11.4. The molecule has 128 valence electrons. The van der Waals surface area contributed by atoms with E-state index in [1.54, 1.807) is 13.1 Å². The molecule has 0 aliphatic carbocycles. The van der Waals surface area contributed by atoms with Crippen molar-refractivity contribution in [3.63, 3.8) is 0 Å². The van der Waals surface area contributed by atoms with Crippen molar-refractivity contribution < 1.29 is 9.90 Å². The number of hydrogen-bond donors (Lipinski definition) is 1. The molecule has 1 aromatic carbocycles. The van der Waals surface area contributed by atoms with Crippen molar-refractivity contribution in [2.24, 2.45) is 0 Å². The van der Waals surface area contributed by atoms with Gasteiger partial charge >= 0.3 is 0 Å². The van der Waals surface area contributed by atoms with Gasteiger partial charge in [0.05, 0.1) is 18.8 Å². The lowest BCUT2D eigenvalue weighted by Crippen LogP contribution is -2.27. The molecule has 0 fully saturated rings. The zero-order valence-electron chi connectivity index (χ0n) is 14.8. The average molecular weight is 327 g/mol. The molecule has 5 nitrogen and oxygen atoms in total. The van der Waals surface area contributed by atoms with E-state index in [-0.39, 0.29) is 12.5 Å². The summed E-state index contributed by atoms with van der Waals surface area (Å²) in [7, 11) is 1.67. The second-order valence-electron chi connectivity index (χ2n) is 6.04. The fourth-order valence-electron chi connectivity index (χ4n) is 2.51. The summed E-state index contributed by atoms with van der Waals surface area (Å²) in [4.78, 5) is 13.4. The first kappa shape index (κ1) is 17.9. The molecular formula is C19H25N3O2. The van der Waals surface area contributed by atoms with E-state index >= 15 is 0 Å². The third kappa shape index (κ3) is 4.32. The molecule has 2 rings (SSSR count). The molecule has 24 heavy (non-hydrogen) atoms. The molecule has 1 aromatic heterocycles. The number of rotatable bonds is 6. The van der Waals surface area contributed by atoms with Gasteiger partial charge in [0, 0.05) is 30.9 Å². The lowest BCUT2D eigenvalue weighted by atomic mass is 10.1. The predicted octanol–water partition coefficient (Wildman–Crippen LogP) is 2.32. The van der Waals surface area contributed by atoms with Crippen molar-refractivity contribution in [1.29, 1.82) is 0 Å². The number of benzene rings is 1. The van der Waals surface area contributed by atoms with E-state index in [4.69, 9.17) is 5.11 Å². The van der Waals surface area contributed by atoms with Crippen LogP contribution in [0.15, 0.2) is 30.3 Å². The summed E-state index contributed by atoms with van der Waals surface area (Å²) in [6.45, 7) is 7.02. The summed E-state index contributed by atoms with van der Waals surface area (Å²) in [5.74, 6) is -0.130. The number of aliphatic hydroxyl groups is 1. The third-order valence-electron chi connectivity index (χ3n) is 4.09. The summed E-state index contributed by atoms with van der Waals surface area (Å²) in [5, 5.41) is 13.5. The maximum Gasteiger partial charge on any atom is 0.246 e. The normalized spacial score (nSPS) is 11.2. The SMILES string of the molecule is Cc1ccc(Cn2nc(C)c(/C=C/C(=O)N(C)CCO)c2C)cc1. The predicted molar refractivity (Wildman–Crippen MR) is 95.7 cm³/mol. The van der Waals surface area contributed by atoms with Crippen LogP contribution in [0.25, 0.3) is 6.08 Å². The number of amides is 1. The Morgan fingerprint density at radius 1 is 1.25 bits per heavy atom. The molecule has 0 saturated carbocycles. The van der Waals surface area contributed by atoms with E-state index in [1.165, 1.54) is 22.1 Å². The Morgan fingerprint density at radius 2 is 1.92 bits per heavy atom. The van der Waals surface area contributed by atoms with Crippen LogP contribution in [0.4, 0.5) is 0 Å². The number of likely N-dealkylation sites (N-methyl/N-ethyl adjacent to an activating group) is 1. The summed E-state index contributed by atoms with van der Waals surface area (Å²) in [6.07, 6.45) is 3.34. The molecule has 0 spiro atoms. The minimum atomic E-state index is -0.130. The second kappa shape index (κ2) is 7.93. The Kier molecular flexibility index (Phi) is 5.93. The van der Waals surface area contributed by atoms with Crippen molar-refractivity contribution in [2.75, 3.05) is 20.2 Å². The number of aromatic nitrogens is 2. The zero-order chi connectivity index (χ0) is 17.7. The van der Waals surface area contributed by atoms with Crippen LogP contribution in [0, 0.1) is 20.8 Å². The molecule has 1 heterocycles. The molecule has 2 aromatic rings. The highest BCUT2D eigenvalue weighted by molar-refractivity contribution is 5.91. The van der Waals surface area contributed by atoms with E-state index in [2.05, 4.69) is 36.3 Å². The molecule has 0 bridgehead atoms. The van der Waals surface area contributed by atoms with Crippen LogP contribution in [0.2, 0.25) is 0 Å². The molecular weight excluding hydrogens is 302 g/mol. The van der Waals surface area contributed by atoms with Crippen LogP contribution in [-0.4, -0.2) is 45.9 Å². The van der Waals surface area contributed by atoms with Crippen molar-refractivity contribution in [1.82, 2.24) is 14.7 Å². The summed E-state index contributed by atoms with van der Waals surface area (Å²) in [6, 6.07) is 8.40. The number of aliphatic hydroxyl groups excluding tert-OH is 1. The van der Waals surface area contributed by atoms with Crippen LogP contribution in [0.3, 0.4) is 0 Å².